The SMILES string of the molecule is O=C=CCCCCCOc1c(Br)c(Br)cc(OC(=O)C(=O)Oc2cc(Br)c(Br)c(OCCCCCC=C=O)c2Br)c1Br. The predicted octanol–water partition coefficient (Wildman–Crippen LogP) is 9.43. The molecule has 0 N–H and O–H groups in total. The molecular weight excluding hydrogens is 944 g/mol. The topological polar surface area (TPSA) is 105 Å². The molecule has 0 radical (unpaired) electrons. The van der Waals surface area contributed by atoms with E-state index in [1.54, 1.807) is 11.9 Å². The molecule has 0 fully saturated rings. The summed E-state index contributed by atoms with van der Waals surface area (Å²) >= 11 is 20.5. The fourth-order valence-corrected chi connectivity index (χ4v) is 6.50. The van der Waals surface area contributed by atoms with Gasteiger partial charge in [-0.05, 0) is 171 Å². The Balaban J connectivity index is 2.07. The van der Waals surface area contributed by atoms with E-state index in [1.807, 2.05) is 0 Å². The third kappa shape index (κ3) is 11.7. The van der Waals surface area contributed by atoms with Crippen LogP contribution in [0, 0.1) is 0 Å². The van der Waals surface area contributed by atoms with Gasteiger partial charge in [-0.25, -0.2) is 19.2 Å². The molecule has 0 atom stereocenters. The predicted molar refractivity (Wildman–Crippen MR) is 179 cm³/mol. The van der Waals surface area contributed by atoms with Gasteiger partial charge in [-0.1, -0.05) is 0 Å². The molecule has 0 aliphatic heterocycles. The number of allylic oxidation sites excluding steroid dienone is 2. The van der Waals surface area contributed by atoms with Gasteiger partial charge in [0.1, 0.15) is 20.8 Å². The molecule has 0 bridgehead atoms. The number of ether oxygens (including phenoxy) is 4. The van der Waals surface area contributed by atoms with Crippen LogP contribution in [-0.2, 0) is 19.2 Å². The van der Waals surface area contributed by atoms with Crippen molar-refractivity contribution < 1.29 is 38.1 Å². The first-order chi connectivity index (χ1) is 20.1. The summed E-state index contributed by atoms with van der Waals surface area (Å²) in [6, 6.07) is 3.01. The molecular formula is C28H24Br6O8. The van der Waals surface area contributed by atoms with Gasteiger partial charge in [0.15, 0.2) is 23.0 Å². The Labute approximate surface area is 293 Å². The van der Waals surface area contributed by atoms with E-state index in [1.165, 1.54) is 24.3 Å². The van der Waals surface area contributed by atoms with Crippen LogP contribution in [0.5, 0.6) is 23.0 Å². The van der Waals surface area contributed by atoms with Gasteiger partial charge in [-0.2, -0.15) is 0 Å². The van der Waals surface area contributed by atoms with Gasteiger partial charge in [0.2, 0.25) is 0 Å². The fraction of sp³-hybridized carbons (Fsp3) is 0.357. The number of esters is 2. The number of rotatable bonds is 16. The Bertz CT molecular complexity index is 1260. The van der Waals surface area contributed by atoms with Gasteiger partial charge in [0.05, 0.1) is 22.2 Å². The number of halogens is 6. The molecule has 0 aliphatic carbocycles. The van der Waals surface area contributed by atoms with E-state index < -0.39 is 11.9 Å². The average molecular weight is 968 g/mol. The first-order valence-corrected chi connectivity index (χ1v) is 17.3. The lowest BCUT2D eigenvalue weighted by atomic mass is 10.2. The van der Waals surface area contributed by atoms with E-state index in [0.717, 1.165) is 38.5 Å². The summed E-state index contributed by atoms with van der Waals surface area (Å²) in [6.45, 7) is 0.755. The van der Waals surface area contributed by atoms with Crippen molar-refractivity contribution in [3.63, 3.8) is 0 Å². The highest BCUT2D eigenvalue weighted by molar-refractivity contribution is 9.13. The summed E-state index contributed by atoms with van der Waals surface area (Å²) in [7, 11) is 0. The monoisotopic (exact) mass is 962 g/mol. The molecule has 226 valence electrons. The Morgan fingerprint density at radius 3 is 1.33 bits per heavy atom. The molecule has 0 spiro atoms. The molecule has 0 heterocycles. The standard InChI is InChI=1S/C28H24Br6O8/c29-17-15-19(23(33)25(21(17)31)39-13-9-5-1-3-7-11-35)41-27(37)28(38)42-20-16-18(30)22(32)26(24(20)34)40-14-10-6-2-4-8-12-36/h7-8,15-16H,1-6,9-10,13-14H2. The van der Waals surface area contributed by atoms with Crippen molar-refractivity contribution in [2.24, 2.45) is 0 Å². The first kappa shape index (κ1) is 36.9. The summed E-state index contributed by atoms with van der Waals surface area (Å²) in [4.78, 5) is 45.9. The van der Waals surface area contributed by atoms with Crippen LogP contribution >= 0.6 is 95.6 Å². The number of benzene rings is 2. The maximum absolute atomic E-state index is 12.7. The normalized spacial score (nSPS) is 10.3. The highest BCUT2D eigenvalue weighted by Gasteiger charge is 2.26. The molecule has 8 nitrogen and oxygen atoms in total. The third-order valence-corrected chi connectivity index (χ3v) is 10.8. The van der Waals surface area contributed by atoms with Crippen molar-refractivity contribution in [3.8, 4) is 23.0 Å². The van der Waals surface area contributed by atoms with Crippen LogP contribution in [0.2, 0.25) is 0 Å². The van der Waals surface area contributed by atoms with Crippen LogP contribution in [0.1, 0.15) is 51.4 Å². The number of carbonyl (C=O) groups is 2. The lowest BCUT2D eigenvalue weighted by Crippen LogP contribution is -2.26. The second-order valence-corrected chi connectivity index (χ2v) is 13.3. The van der Waals surface area contributed by atoms with Crippen molar-refractivity contribution in [1.29, 1.82) is 0 Å². The van der Waals surface area contributed by atoms with E-state index in [9.17, 15) is 19.2 Å². The Morgan fingerprint density at radius 1 is 0.595 bits per heavy atom. The minimum Gasteiger partial charge on any atom is -0.491 e. The number of hydrogen-bond acceptors (Lipinski definition) is 8. The van der Waals surface area contributed by atoms with Crippen LogP contribution in [0.4, 0.5) is 0 Å². The molecule has 0 aliphatic rings. The van der Waals surface area contributed by atoms with Gasteiger partial charge in [-0.15, -0.1) is 0 Å². The molecule has 0 unspecified atom stereocenters. The van der Waals surface area contributed by atoms with Crippen LogP contribution in [0.15, 0.2) is 51.1 Å². The zero-order chi connectivity index (χ0) is 31.1. The van der Waals surface area contributed by atoms with Crippen molar-refractivity contribution in [1.82, 2.24) is 0 Å². The Hall–Kier alpha value is -1.24. The maximum Gasteiger partial charge on any atom is 0.423 e. The zero-order valence-corrected chi connectivity index (χ0v) is 31.4. The number of carbonyl (C=O) groups excluding carboxylic acids is 4. The van der Waals surface area contributed by atoms with Crippen LogP contribution in [0.3, 0.4) is 0 Å². The molecule has 2 aromatic rings. The lowest BCUT2D eigenvalue weighted by Gasteiger charge is -2.16. The summed E-state index contributed by atoms with van der Waals surface area (Å²) in [5, 5.41) is 0. The summed E-state index contributed by atoms with van der Waals surface area (Å²) < 4.78 is 25.4. The van der Waals surface area contributed by atoms with E-state index >= 15 is 0 Å². The molecule has 0 saturated carbocycles. The van der Waals surface area contributed by atoms with Crippen LogP contribution in [-0.4, -0.2) is 37.0 Å². The number of unbranched alkanes of at least 4 members (excludes halogenated alkanes) is 6. The van der Waals surface area contributed by atoms with Crippen molar-refractivity contribution in [3.05, 3.63) is 51.1 Å². The van der Waals surface area contributed by atoms with Crippen molar-refractivity contribution >= 4 is 119 Å². The number of hydrogen-bond donors (Lipinski definition) is 0. The summed E-state index contributed by atoms with van der Waals surface area (Å²) in [5.74, 6) is 1.86. The van der Waals surface area contributed by atoms with Crippen LogP contribution in [0.25, 0.3) is 0 Å². The smallest absolute Gasteiger partial charge is 0.423 e. The van der Waals surface area contributed by atoms with Crippen LogP contribution < -0.4 is 18.9 Å². The lowest BCUT2D eigenvalue weighted by molar-refractivity contribution is -0.156. The molecule has 0 aromatic heterocycles. The van der Waals surface area contributed by atoms with Gasteiger partial charge < -0.3 is 18.9 Å². The minimum atomic E-state index is -1.25. The van der Waals surface area contributed by atoms with E-state index in [0.29, 0.717) is 64.4 Å². The minimum absolute atomic E-state index is 0.0434. The van der Waals surface area contributed by atoms with Gasteiger partial charge in [0, 0.05) is 8.95 Å². The van der Waals surface area contributed by atoms with E-state index in [4.69, 9.17) is 18.9 Å². The largest absolute Gasteiger partial charge is 0.491 e. The Morgan fingerprint density at radius 2 is 0.976 bits per heavy atom. The highest BCUT2D eigenvalue weighted by atomic mass is 79.9. The van der Waals surface area contributed by atoms with Crippen molar-refractivity contribution in [2.75, 3.05) is 13.2 Å². The second kappa shape index (κ2) is 19.9. The molecule has 2 rings (SSSR count). The van der Waals surface area contributed by atoms with Gasteiger partial charge in [-0.3, -0.25) is 0 Å². The van der Waals surface area contributed by atoms with Gasteiger partial charge in [0.25, 0.3) is 0 Å². The Kier molecular flexibility index (Phi) is 17.5. The fourth-order valence-electron chi connectivity index (χ4n) is 3.32. The van der Waals surface area contributed by atoms with Crippen molar-refractivity contribution in [2.45, 2.75) is 51.4 Å². The average Bonchev–Trinajstić information content (AvgIpc) is 2.96. The third-order valence-electron chi connectivity index (χ3n) is 5.38. The summed E-state index contributed by atoms with van der Waals surface area (Å²) in [5.41, 5.74) is 0. The molecule has 42 heavy (non-hydrogen) atoms. The molecule has 14 heteroatoms. The van der Waals surface area contributed by atoms with Gasteiger partial charge >= 0.3 is 11.9 Å². The second-order valence-electron chi connectivity index (χ2n) is 8.45. The van der Waals surface area contributed by atoms with E-state index in [-0.39, 0.29) is 11.5 Å². The van der Waals surface area contributed by atoms with E-state index in [2.05, 4.69) is 95.6 Å². The molecule has 0 saturated heterocycles. The quantitative estimate of drug-likeness (QED) is 0.0410. The summed E-state index contributed by atoms with van der Waals surface area (Å²) in [6.07, 6.45) is 9.09. The molecule has 2 aromatic carbocycles. The first-order valence-electron chi connectivity index (χ1n) is 12.6. The molecule has 0 amide bonds. The maximum atomic E-state index is 12.7. The highest BCUT2D eigenvalue weighted by Crippen LogP contribution is 2.46. The zero-order valence-electron chi connectivity index (χ0n) is 21.9.